The Bertz CT molecular complexity index is 1440. The zero-order chi connectivity index (χ0) is 24.5. The number of sulfonamides is 1. The van der Waals surface area contributed by atoms with E-state index in [1.807, 2.05) is 0 Å². The number of ether oxygens (including phenoxy) is 1. The fourth-order valence-electron chi connectivity index (χ4n) is 3.04. The number of nitrogens with zero attached hydrogens (tertiary/aromatic N) is 4. The van der Waals surface area contributed by atoms with Gasteiger partial charge in [0.25, 0.3) is 5.91 Å². The highest BCUT2D eigenvalue weighted by molar-refractivity contribution is 7.90. The summed E-state index contributed by atoms with van der Waals surface area (Å²) >= 11 is 7.09. The number of sulfone groups is 1. The fourth-order valence-corrected chi connectivity index (χ4v) is 5.84. The minimum absolute atomic E-state index is 0.112. The van der Waals surface area contributed by atoms with E-state index < -0.39 is 30.9 Å². The van der Waals surface area contributed by atoms with E-state index in [0.717, 1.165) is 23.8 Å². The molecule has 34 heavy (non-hydrogen) atoms. The van der Waals surface area contributed by atoms with Crippen LogP contribution in [0.25, 0.3) is 11.3 Å². The van der Waals surface area contributed by atoms with Crippen LogP contribution >= 0.6 is 22.9 Å². The molecule has 11 nitrogen and oxygen atoms in total. The monoisotopic (exact) mass is 543 g/mol. The Morgan fingerprint density at radius 2 is 1.79 bits per heavy atom. The van der Waals surface area contributed by atoms with Crippen molar-refractivity contribution in [2.45, 2.75) is 10.1 Å². The summed E-state index contributed by atoms with van der Waals surface area (Å²) in [7, 11) is -7.34. The van der Waals surface area contributed by atoms with Crippen LogP contribution in [0.4, 0.5) is 5.13 Å². The summed E-state index contributed by atoms with van der Waals surface area (Å²) in [5.74, 6) is -0.745. The third-order valence-corrected chi connectivity index (χ3v) is 8.56. The number of amides is 1. The average Bonchev–Trinajstić information content (AvgIpc) is 3.27. The Balaban J connectivity index is 1.50. The lowest BCUT2D eigenvalue weighted by atomic mass is 10.2. The third-order valence-electron chi connectivity index (χ3n) is 4.75. The van der Waals surface area contributed by atoms with Gasteiger partial charge < -0.3 is 4.74 Å². The van der Waals surface area contributed by atoms with Crippen LogP contribution in [0.5, 0.6) is 0 Å². The molecule has 3 aromatic rings. The van der Waals surface area contributed by atoms with Gasteiger partial charge in [0.1, 0.15) is 0 Å². The number of aromatic nitrogens is 3. The molecule has 180 valence electrons. The number of nitrogens with one attached hydrogen (secondary N) is 1. The van der Waals surface area contributed by atoms with Gasteiger partial charge in [-0.05, 0) is 12.1 Å². The number of thiazole rings is 1. The van der Waals surface area contributed by atoms with Gasteiger partial charge in [0, 0.05) is 30.3 Å². The molecule has 0 spiro atoms. The molecular formula is C19H18ClN5O6S3. The fraction of sp³-hybridized carbons (Fsp3) is 0.263. The van der Waals surface area contributed by atoms with Crippen LogP contribution in [-0.4, -0.2) is 74.6 Å². The minimum Gasteiger partial charge on any atom is -0.379 e. The molecule has 0 unspecified atom stereocenters. The van der Waals surface area contributed by atoms with Crippen LogP contribution in [0.3, 0.4) is 0 Å². The second-order valence-corrected chi connectivity index (χ2v) is 12.3. The molecule has 0 atom stereocenters. The van der Waals surface area contributed by atoms with Crippen molar-refractivity contribution in [2.75, 3.05) is 37.9 Å². The van der Waals surface area contributed by atoms with Gasteiger partial charge in [0.15, 0.2) is 10.8 Å². The lowest BCUT2D eigenvalue weighted by Crippen LogP contribution is -2.40. The zero-order valence-electron chi connectivity index (χ0n) is 17.6. The van der Waals surface area contributed by atoms with E-state index >= 15 is 0 Å². The molecule has 0 bridgehead atoms. The molecule has 2 aromatic heterocycles. The van der Waals surface area contributed by atoms with Crippen LogP contribution < -0.4 is 5.32 Å². The van der Waals surface area contributed by atoms with E-state index in [0.29, 0.717) is 37.6 Å². The Morgan fingerprint density at radius 3 is 2.44 bits per heavy atom. The molecule has 1 aliphatic rings. The molecule has 1 amide bonds. The summed E-state index contributed by atoms with van der Waals surface area (Å²) in [6.07, 6.45) is 1.96. The van der Waals surface area contributed by atoms with Crippen molar-refractivity contribution in [1.29, 1.82) is 0 Å². The van der Waals surface area contributed by atoms with Gasteiger partial charge in [-0.1, -0.05) is 23.7 Å². The van der Waals surface area contributed by atoms with Gasteiger partial charge in [-0.2, -0.15) is 4.31 Å². The van der Waals surface area contributed by atoms with Crippen molar-refractivity contribution in [3.63, 3.8) is 0 Å². The van der Waals surface area contributed by atoms with E-state index in [2.05, 4.69) is 20.3 Å². The number of anilines is 1. The maximum absolute atomic E-state index is 12.8. The van der Waals surface area contributed by atoms with Crippen molar-refractivity contribution in [1.82, 2.24) is 19.3 Å². The maximum Gasteiger partial charge on any atom is 0.277 e. The highest BCUT2D eigenvalue weighted by Gasteiger charge is 2.26. The number of carbonyl (C=O) groups is 1. The molecule has 3 heterocycles. The molecule has 15 heteroatoms. The molecule has 1 aromatic carbocycles. The van der Waals surface area contributed by atoms with Crippen molar-refractivity contribution >= 4 is 53.8 Å². The van der Waals surface area contributed by atoms with E-state index in [9.17, 15) is 21.6 Å². The van der Waals surface area contributed by atoms with Crippen LogP contribution in [0.1, 0.15) is 10.5 Å². The number of benzene rings is 1. The highest BCUT2D eigenvalue weighted by atomic mass is 35.5. The van der Waals surface area contributed by atoms with Gasteiger partial charge in [0.05, 0.1) is 35.0 Å². The predicted molar refractivity (Wildman–Crippen MR) is 125 cm³/mol. The van der Waals surface area contributed by atoms with E-state index in [-0.39, 0.29) is 20.7 Å². The van der Waals surface area contributed by atoms with E-state index in [1.54, 1.807) is 17.5 Å². The normalized spacial score (nSPS) is 15.2. The lowest BCUT2D eigenvalue weighted by Gasteiger charge is -2.26. The molecule has 0 radical (unpaired) electrons. The predicted octanol–water partition coefficient (Wildman–Crippen LogP) is 1.93. The van der Waals surface area contributed by atoms with Gasteiger partial charge in [-0.25, -0.2) is 31.8 Å². The molecular weight excluding hydrogens is 526 g/mol. The first-order valence-corrected chi connectivity index (χ1v) is 14.3. The Hall–Kier alpha value is -2.49. The third kappa shape index (κ3) is 5.26. The number of hydrogen-bond donors (Lipinski definition) is 1. The van der Waals surface area contributed by atoms with Crippen molar-refractivity contribution in [2.24, 2.45) is 0 Å². The van der Waals surface area contributed by atoms with Crippen molar-refractivity contribution < 1.29 is 26.4 Å². The number of halogens is 1. The largest absolute Gasteiger partial charge is 0.379 e. The Labute approximate surface area is 204 Å². The number of rotatable bonds is 6. The summed E-state index contributed by atoms with van der Waals surface area (Å²) in [4.78, 5) is 24.4. The van der Waals surface area contributed by atoms with Crippen LogP contribution in [0, 0.1) is 0 Å². The molecule has 4 rings (SSSR count). The molecule has 0 saturated carbocycles. The second kappa shape index (κ2) is 9.64. The number of morpholine rings is 1. The first kappa shape index (κ1) is 24.6. The molecule has 1 N–H and O–H groups in total. The highest BCUT2D eigenvalue weighted by Crippen LogP contribution is 2.27. The number of carbonyl (C=O) groups excluding carboxylic acids is 1. The van der Waals surface area contributed by atoms with Crippen molar-refractivity contribution in [3.8, 4) is 11.3 Å². The zero-order valence-corrected chi connectivity index (χ0v) is 20.8. The molecule has 0 aliphatic carbocycles. The topological polar surface area (TPSA) is 149 Å². The van der Waals surface area contributed by atoms with Crippen LogP contribution in [-0.2, 0) is 24.6 Å². The summed E-state index contributed by atoms with van der Waals surface area (Å²) < 4.78 is 55.4. The second-order valence-electron chi connectivity index (χ2n) is 7.15. The first-order valence-electron chi connectivity index (χ1n) is 9.73. The van der Waals surface area contributed by atoms with Crippen LogP contribution in [0.15, 0.2) is 45.9 Å². The van der Waals surface area contributed by atoms with Gasteiger partial charge >= 0.3 is 0 Å². The maximum atomic E-state index is 12.8. The minimum atomic E-state index is -3.73. The standard InChI is InChI=1S/C19H18ClN5O6S3/c1-33(27,28)19-21-10-14(20)16(23-19)17(26)24-18-22-15(11-32-18)12-2-4-13(5-3-12)34(29,30)25-6-8-31-9-7-25/h2-5,10-11H,6-9H2,1H3,(H,22,24,26). The molecule has 1 saturated heterocycles. The van der Waals surface area contributed by atoms with E-state index in [1.165, 1.54) is 16.4 Å². The summed E-state index contributed by atoms with van der Waals surface area (Å²) in [5.41, 5.74) is 0.866. The first-order chi connectivity index (χ1) is 16.1. The Morgan fingerprint density at radius 1 is 1.12 bits per heavy atom. The number of hydrogen-bond acceptors (Lipinski definition) is 10. The van der Waals surface area contributed by atoms with E-state index in [4.69, 9.17) is 16.3 Å². The average molecular weight is 544 g/mol. The lowest BCUT2D eigenvalue weighted by molar-refractivity contribution is 0.0730. The summed E-state index contributed by atoms with van der Waals surface area (Å²) in [6, 6.07) is 6.28. The smallest absolute Gasteiger partial charge is 0.277 e. The van der Waals surface area contributed by atoms with Crippen LogP contribution in [0.2, 0.25) is 5.02 Å². The summed E-state index contributed by atoms with van der Waals surface area (Å²) in [6.45, 7) is 1.34. The quantitative estimate of drug-likeness (QED) is 0.460. The van der Waals surface area contributed by atoms with Gasteiger partial charge in [-0.3, -0.25) is 10.1 Å². The SMILES string of the molecule is CS(=O)(=O)c1ncc(Cl)c(C(=O)Nc2nc(-c3ccc(S(=O)(=O)N4CCOCC4)cc3)cs2)n1. The van der Waals surface area contributed by atoms with Crippen molar-refractivity contribution in [3.05, 3.63) is 46.6 Å². The van der Waals surface area contributed by atoms with Gasteiger partial charge in [0.2, 0.25) is 25.0 Å². The Kier molecular flexibility index (Phi) is 6.98. The van der Waals surface area contributed by atoms with Gasteiger partial charge in [-0.15, -0.1) is 11.3 Å². The molecule has 1 aliphatic heterocycles. The summed E-state index contributed by atoms with van der Waals surface area (Å²) in [5, 5.41) is 3.81. The molecule has 1 fully saturated rings.